The normalized spacial score (nSPS) is 10.8. The molecular formula is C12H12O4S. The number of fused-ring (bicyclic) bond motifs is 1. The number of hydrogen-bond donors (Lipinski definition) is 1. The molecule has 5 heteroatoms. The first-order chi connectivity index (χ1) is 8.08. The summed E-state index contributed by atoms with van der Waals surface area (Å²) in [6.07, 6.45) is 1.88. The summed E-state index contributed by atoms with van der Waals surface area (Å²) >= 11 is 1.45. The van der Waals surface area contributed by atoms with E-state index in [0.29, 0.717) is 11.3 Å². The van der Waals surface area contributed by atoms with E-state index in [2.05, 4.69) is 0 Å². The predicted molar refractivity (Wildman–Crippen MR) is 67.2 cm³/mol. The average molecular weight is 252 g/mol. The SMILES string of the molecule is COc1c(O)cc2oc(=O)cc(SC)c2c1C. The summed E-state index contributed by atoms with van der Waals surface area (Å²) in [5, 5.41) is 10.5. The highest BCUT2D eigenvalue weighted by atomic mass is 32.2. The van der Waals surface area contributed by atoms with Gasteiger partial charge in [-0.25, -0.2) is 4.79 Å². The average Bonchev–Trinajstić information content (AvgIpc) is 2.27. The molecule has 90 valence electrons. The zero-order valence-electron chi connectivity index (χ0n) is 9.73. The topological polar surface area (TPSA) is 59.7 Å². The number of ether oxygens (including phenoxy) is 1. The molecule has 0 atom stereocenters. The van der Waals surface area contributed by atoms with Gasteiger partial charge in [-0.05, 0) is 13.2 Å². The maximum Gasteiger partial charge on any atom is 0.337 e. The molecule has 0 bridgehead atoms. The molecule has 1 aromatic carbocycles. The number of hydrogen-bond acceptors (Lipinski definition) is 5. The van der Waals surface area contributed by atoms with Crippen LogP contribution in [0, 0.1) is 6.92 Å². The lowest BCUT2D eigenvalue weighted by Gasteiger charge is -2.11. The number of benzene rings is 1. The number of phenolic OH excluding ortho intramolecular Hbond substituents is 1. The first kappa shape index (κ1) is 11.9. The van der Waals surface area contributed by atoms with Gasteiger partial charge in [-0.15, -0.1) is 11.8 Å². The second-order valence-electron chi connectivity index (χ2n) is 3.56. The largest absolute Gasteiger partial charge is 0.504 e. The fourth-order valence-corrected chi connectivity index (χ4v) is 2.55. The van der Waals surface area contributed by atoms with Crippen molar-refractivity contribution in [2.75, 3.05) is 13.4 Å². The number of methoxy groups -OCH3 is 1. The van der Waals surface area contributed by atoms with E-state index in [-0.39, 0.29) is 5.75 Å². The second-order valence-corrected chi connectivity index (χ2v) is 4.41. The van der Waals surface area contributed by atoms with Crippen LogP contribution in [0.3, 0.4) is 0 Å². The Morgan fingerprint density at radius 2 is 2.12 bits per heavy atom. The molecule has 1 heterocycles. The molecule has 0 amide bonds. The van der Waals surface area contributed by atoms with Crippen LogP contribution in [-0.2, 0) is 0 Å². The number of aromatic hydroxyl groups is 1. The summed E-state index contributed by atoms with van der Waals surface area (Å²) in [5.41, 5.74) is 0.707. The Kier molecular flexibility index (Phi) is 3.02. The highest BCUT2D eigenvalue weighted by Gasteiger charge is 2.15. The molecule has 0 aliphatic rings. The molecule has 2 aromatic rings. The van der Waals surface area contributed by atoms with Crippen LogP contribution in [0.25, 0.3) is 11.0 Å². The summed E-state index contributed by atoms with van der Waals surface area (Å²) in [6.45, 7) is 1.82. The van der Waals surface area contributed by atoms with E-state index in [1.54, 1.807) is 0 Å². The van der Waals surface area contributed by atoms with Crippen LogP contribution in [0.1, 0.15) is 5.56 Å². The number of phenols is 1. The summed E-state index contributed by atoms with van der Waals surface area (Å²) in [7, 11) is 1.49. The zero-order chi connectivity index (χ0) is 12.6. The predicted octanol–water partition coefficient (Wildman–Crippen LogP) is 2.54. The van der Waals surface area contributed by atoms with Gasteiger partial charge >= 0.3 is 5.63 Å². The Morgan fingerprint density at radius 3 is 2.71 bits per heavy atom. The summed E-state index contributed by atoms with van der Waals surface area (Å²) in [6, 6.07) is 2.85. The molecular weight excluding hydrogens is 240 g/mol. The molecule has 1 N–H and O–H groups in total. The Morgan fingerprint density at radius 1 is 1.41 bits per heavy atom. The van der Waals surface area contributed by atoms with Gasteiger partial charge in [0, 0.05) is 28.0 Å². The maximum absolute atomic E-state index is 11.3. The van der Waals surface area contributed by atoms with Crippen LogP contribution >= 0.6 is 11.8 Å². The van der Waals surface area contributed by atoms with E-state index in [9.17, 15) is 9.90 Å². The van der Waals surface area contributed by atoms with E-state index >= 15 is 0 Å². The van der Waals surface area contributed by atoms with Crippen LogP contribution in [0.2, 0.25) is 0 Å². The minimum Gasteiger partial charge on any atom is -0.504 e. The van der Waals surface area contributed by atoms with Gasteiger partial charge < -0.3 is 14.3 Å². The molecule has 0 spiro atoms. The van der Waals surface area contributed by atoms with Gasteiger partial charge in [0.25, 0.3) is 0 Å². The van der Waals surface area contributed by atoms with Gasteiger partial charge in [0.1, 0.15) is 5.58 Å². The quantitative estimate of drug-likeness (QED) is 0.657. The smallest absolute Gasteiger partial charge is 0.337 e. The van der Waals surface area contributed by atoms with Crippen molar-refractivity contribution < 1.29 is 14.3 Å². The highest BCUT2D eigenvalue weighted by molar-refractivity contribution is 7.98. The molecule has 0 aliphatic carbocycles. The first-order valence-electron chi connectivity index (χ1n) is 4.97. The van der Waals surface area contributed by atoms with Gasteiger partial charge in [-0.3, -0.25) is 0 Å². The van der Waals surface area contributed by atoms with Gasteiger partial charge in [-0.1, -0.05) is 0 Å². The molecule has 1 aromatic heterocycles. The van der Waals surface area contributed by atoms with E-state index in [1.165, 1.54) is 31.0 Å². The third-order valence-electron chi connectivity index (χ3n) is 2.59. The molecule has 4 nitrogen and oxygen atoms in total. The molecule has 0 fully saturated rings. The lowest BCUT2D eigenvalue weighted by atomic mass is 10.1. The molecule has 2 rings (SSSR count). The maximum atomic E-state index is 11.3. The van der Waals surface area contributed by atoms with Crippen molar-refractivity contribution in [1.82, 2.24) is 0 Å². The van der Waals surface area contributed by atoms with Crippen molar-refractivity contribution in [3.8, 4) is 11.5 Å². The fourth-order valence-electron chi connectivity index (χ4n) is 1.87. The Bertz CT molecular complexity index is 630. The van der Waals surface area contributed by atoms with Crippen molar-refractivity contribution in [3.63, 3.8) is 0 Å². The molecule has 17 heavy (non-hydrogen) atoms. The van der Waals surface area contributed by atoms with E-state index in [1.807, 2.05) is 13.2 Å². The number of thioether (sulfide) groups is 1. The highest BCUT2D eigenvalue weighted by Crippen LogP contribution is 2.38. The van der Waals surface area contributed by atoms with Crippen molar-refractivity contribution in [2.24, 2.45) is 0 Å². The van der Waals surface area contributed by atoms with Gasteiger partial charge in [0.2, 0.25) is 0 Å². The second kappa shape index (κ2) is 4.33. The van der Waals surface area contributed by atoms with Crippen LogP contribution in [0.4, 0.5) is 0 Å². The van der Waals surface area contributed by atoms with Crippen molar-refractivity contribution >= 4 is 22.7 Å². The van der Waals surface area contributed by atoms with Crippen LogP contribution < -0.4 is 10.4 Å². The number of rotatable bonds is 2. The summed E-state index contributed by atoms with van der Waals surface area (Å²) in [4.78, 5) is 12.2. The third-order valence-corrected chi connectivity index (χ3v) is 3.35. The lowest BCUT2D eigenvalue weighted by Crippen LogP contribution is -1.99. The van der Waals surface area contributed by atoms with Crippen molar-refractivity contribution in [1.29, 1.82) is 0 Å². The molecule has 0 saturated heterocycles. The minimum atomic E-state index is -0.425. The molecule has 0 aliphatic heterocycles. The van der Waals surface area contributed by atoms with Crippen LogP contribution in [-0.4, -0.2) is 18.5 Å². The van der Waals surface area contributed by atoms with Crippen molar-refractivity contribution in [2.45, 2.75) is 11.8 Å². The van der Waals surface area contributed by atoms with Gasteiger partial charge in [0.05, 0.1) is 7.11 Å². The third kappa shape index (κ3) is 1.86. The molecule has 0 unspecified atom stereocenters. The monoisotopic (exact) mass is 252 g/mol. The summed E-state index contributed by atoms with van der Waals surface area (Å²) in [5.74, 6) is 0.376. The fraction of sp³-hybridized carbons (Fsp3) is 0.250. The number of aryl methyl sites for hydroxylation is 1. The molecule has 0 radical (unpaired) electrons. The first-order valence-corrected chi connectivity index (χ1v) is 6.19. The Hall–Kier alpha value is -1.62. The standard InChI is InChI=1S/C12H12O4S/c1-6-11-8(4-7(13)12(6)15-2)16-10(14)5-9(11)17-3/h4-5,13H,1-3H3. The zero-order valence-corrected chi connectivity index (χ0v) is 10.6. The van der Waals surface area contributed by atoms with E-state index in [0.717, 1.165) is 15.8 Å². The van der Waals surface area contributed by atoms with Gasteiger partial charge in [-0.2, -0.15) is 0 Å². The lowest BCUT2D eigenvalue weighted by molar-refractivity contribution is 0.371. The minimum absolute atomic E-state index is 0.0288. The van der Waals surface area contributed by atoms with E-state index < -0.39 is 5.63 Å². The van der Waals surface area contributed by atoms with Crippen molar-refractivity contribution in [3.05, 3.63) is 28.1 Å². The van der Waals surface area contributed by atoms with Crippen LogP contribution in [0.15, 0.2) is 26.2 Å². The summed E-state index contributed by atoms with van der Waals surface area (Å²) < 4.78 is 10.2. The Balaban J connectivity index is 2.97. The van der Waals surface area contributed by atoms with E-state index in [4.69, 9.17) is 9.15 Å². The molecule has 0 saturated carbocycles. The van der Waals surface area contributed by atoms with Gasteiger partial charge in [0.15, 0.2) is 11.5 Å². The Labute approximate surface area is 102 Å². The van der Waals surface area contributed by atoms with Crippen LogP contribution in [0.5, 0.6) is 11.5 Å².